The zero-order valence-electron chi connectivity index (χ0n) is 16.2. The van der Waals surface area contributed by atoms with Gasteiger partial charge in [-0.3, -0.25) is 19.6 Å². The molecule has 4 aromatic heterocycles. The fourth-order valence-corrected chi connectivity index (χ4v) is 4.24. The summed E-state index contributed by atoms with van der Waals surface area (Å²) in [4.78, 5) is 34.8. The molecule has 0 spiro atoms. The van der Waals surface area contributed by atoms with E-state index in [1.165, 1.54) is 33.3 Å². The number of hydrogen-bond donors (Lipinski definition) is 0. The summed E-state index contributed by atoms with van der Waals surface area (Å²) in [6.07, 6.45) is 4.18. The SMILES string of the molecule is Cc1c(C(=O)N(C)C)sc2ncn3nc(C(C)Cn4cc([N+](=O)[O-])cn4)nc3c12. The molecule has 4 aromatic rings. The molecule has 0 aromatic carbocycles. The van der Waals surface area contributed by atoms with Crippen LogP contribution in [-0.2, 0) is 6.54 Å². The molecule has 0 saturated carbocycles. The van der Waals surface area contributed by atoms with Crippen LogP contribution in [0.25, 0.3) is 15.9 Å². The van der Waals surface area contributed by atoms with Gasteiger partial charge in [-0.1, -0.05) is 6.92 Å². The Morgan fingerprint density at radius 1 is 1.41 bits per heavy atom. The van der Waals surface area contributed by atoms with Crippen LogP contribution in [0.2, 0.25) is 0 Å². The first-order chi connectivity index (χ1) is 13.8. The van der Waals surface area contributed by atoms with E-state index < -0.39 is 4.92 Å². The summed E-state index contributed by atoms with van der Waals surface area (Å²) in [7, 11) is 3.43. The van der Waals surface area contributed by atoms with Crippen LogP contribution in [-0.4, -0.2) is 59.2 Å². The van der Waals surface area contributed by atoms with Crippen molar-refractivity contribution in [3.8, 4) is 0 Å². The monoisotopic (exact) mass is 414 g/mol. The van der Waals surface area contributed by atoms with Crippen molar-refractivity contribution in [2.45, 2.75) is 26.3 Å². The van der Waals surface area contributed by atoms with E-state index in [1.54, 1.807) is 24.9 Å². The molecule has 0 aliphatic heterocycles. The molecule has 0 saturated heterocycles. The molecule has 29 heavy (non-hydrogen) atoms. The number of rotatable bonds is 5. The first-order valence-corrected chi connectivity index (χ1v) is 9.60. The van der Waals surface area contributed by atoms with Crippen LogP contribution in [0.4, 0.5) is 5.69 Å². The van der Waals surface area contributed by atoms with E-state index in [0.29, 0.717) is 22.9 Å². The molecular formula is C17H18N8O3S. The smallest absolute Gasteiger partial charge is 0.306 e. The van der Waals surface area contributed by atoms with Crippen molar-refractivity contribution >= 4 is 38.8 Å². The Morgan fingerprint density at radius 2 is 2.17 bits per heavy atom. The van der Waals surface area contributed by atoms with E-state index in [0.717, 1.165) is 15.8 Å². The van der Waals surface area contributed by atoms with E-state index in [2.05, 4.69) is 20.2 Å². The van der Waals surface area contributed by atoms with Gasteiger partial charge in [-0.05, 0) is 12.5 Å². The molecule has 0 bridgehead atoms. The number of thiophene rings is 1. The third-order valence-electron chi connectivity index (χ3n) is 4.62. The second kappa shape index (κ2) is 6.88. The lowest BCUT2D eigenvalue weighted by Crippen LogP contribution is -2.21. The summed E-state index contributed by atoms with van der Waals surface area (Å²) in [5.74, 6) is 0.367. The number of nitro groups is 1. The van der Waals surface area contributed by atoms with E-state index in [9.17, 15) is 14.9 Å². The zero-order valence-corrected chi connectivity index (χ0v) is 17.0. The quantitative estimate of drug-likeness (QED) is 0.362. The maximum absolute atomic E-state index is 12.4. The Hall–Kier alpha value is -3.41. The lowest BCUT2D eigenvalue weighted by atomic mass is 10.1. The van der Waals surface area contributed by atoms with Gasteiger partial charge in [0.05, 0.1) is 21.7 Å². The van der Waals surface area contributed by atoms with Crippen LogP contribution in [0, 0.1) is 17.0 Å². The minimum atomic E-state index is -0.480. The van der Waals surface area contributed by atoms with Crippen LogP contribution < -0.4 is 0 Å². The highest BCUT2D eigenvalue weighted by molar-refractivity contribution is 7.20. The summed E-state index contributed by atoms with van der Waals surface area (Å²) >= 11 is 1.34. The standard InChI is InChI=1S/C17H18N8O3S/c1-9(6-23-7-11(5-19-23)25(27)28)14-20-15-12-10(2)13(17(26)22(3)4)29-16(12)18-8-24(15)21-14/h5,7-9H,6H2,1-4H3. The summed E-state index contributed by atoms with van der Waals surface area (Å²) in [5, 5.41) is 20.2. The first kappa shape index (κ1) is 18.9. The highest BCUT2D eigenvalue weighted by Gasteiger charge is 2.22. The van der Waals surface area contributed by atoms with Gasteiger partial charge >= 0.3 is 5.69 Å². The predicted octanol–water partition coefficient (Wildman–Crippen LogP) is 2.26. The van der Waals surface area contributed by atoms with E-state index >= 15 is 0 Å². The minimum absolute atomic E-state index is 0.0574. The molecule has 11 nitrogen and oxygen atoms in total. The highest BCUT2D eigenvalue weighted by Crippen LogP contribution is 2.32. The number of hydrogen-bond acceptors (Lipinski definition) is 8. The second-order valence-corrected chi connectivity index (χ2v) is 8.00. The Labute approximate surface area is 168 Å². The molecule has 0 aliphatic rings. The number of amides is 1. The topological polar surface area (TPSA) is 124 Å². The maximum atomic E-state index is 12.4. The average molecular weight is 414 g/mol. The van der Waals surface area contributed by atoms with Crippen molar-refractivity contribution in [2.24, 2.45) is 0 Å². The molecule has 0 radical (unpaired) electrons. The van der Waals surface area contributed by atoms with Crippen molar-refractivity contribution in [3.05, 3.63) is 45.1 Å². The molecule has 12 heteroatoms. The third-order valence-corrected chi connectivity index (χ3v) is 5.80. The second-order valence-electron chi connectivity index (χ2n) is 7.00. The largest absolute Gasteiger partial charge is 0.344 e. The predicted molar refractivity (Wildman–Crippen MR) is 106 cm³/mol. The molecule has 4 heterocycles. The van der Waals surface area contributed by atoms with Gasteiger partial charge in [-0.2, -0.15) is 5.10 Å². The van der Waals surface area contributed by atoms with Gasteiger partial charge in [-0.15, -0.1) is 16.4 Å². The van der Waals surface area contributed by atoms with Gasteiger partial charge in [0.1, 0.15) is 23.6 Å². The molecule has 150 valence electrons. The Balaban J connectivity index is 1.72. The van der Waals surface area contributed by atoms with Crippen molar-refractivity contribution < 1.29 is 9.72 Å². The fraction of sp³-hybridized carbons (Fsp3) is 0.353. The molecule has 0 N–H and O–H groups in total. The van der Waals surface area contributed by atoms with Crippen LogP contribution in [0.3, 0.4) is 0 Å². The number of nitrogens with zero attached hydrogens (tertiary/aromatic N) is 8. The normalized spacial score (nSPS) is 12.6. The van der Waals surface area contributed by atoms with E-state index in [4.69, 9.17) is 0 Å². The van der Waals surface area contributed by atoms with E-state index in [1.807, 2.05) is 13.8 Å². The molecular weight excluding hydrogens is 396 g/mol. The molecule has 4 rings (SSSR count). The van der Waals surface area contributed by atoms with Gasteiger partial charge in [0.15, 0.2) is 11.5 Å². The van der Waals surface area contributed by atoms with Crippen molar-refractivity contribution in [1.82, 2.24) is 34.3 Å². The first-order valence-electron chi connectivity index (χ1n) is 8.79. The van der Waals surface area contributed by atoms with Crippen LogP contribution >= 0.6 is 11.3 Å². The van der Waals surface area contributed by atoms with Crippen molar-refractivity contribution in [2.75, 3.05) is 14.1 Å². The fourth-order valence-electron chi connectivity index (χ4n) is 3.08. The molecule has 1 unspecified atom stereocenters. The van der Waals surface area contributed by atoms with Crippen LogP contribution in [0.5, 0.6) is 0 Å². The van der Waals surface area contributed by atoms with Crippen molar-refractivity contribution in [1.29, 1.82) is 0 Å². The lowest BCUT2D eigenvalue weighted by molar-refractivity contribution is -0.385. The van der Waals surface area contributed by atoms with Gasteiger partial charge < -0.3 is 4.90 Å². The van der Waals surface area contributed by atoms with E-state index in [-0.39, 0.29) is 17.5 Å². The number of carbonyl (C=O) groups excluding carboxylic acids is 1. The molecule has 1 atom stereocenters. The van der Waals surface area contributed by atoms with Crippen LogP contribution in [0.1, 0.15) is 33.9 Å². The third kappa shape index (κ3) is 3.20. The molecule has 1 amide bonds. The summed E-state index contributed by atoms with van der Waals surface area (Å²) < 4.78 is 3.11. The lowest BCUT2D eigenvalue weighted by Gasteiger charge is -2.08. The van der Waals surface area contributed by atoms with Crippen molar-refractivity contribution in [3.63, 3.8) is 0 Å². The zero-order chi connectivity index (χ0) is 20.9. The maximum Gasteiger partial charge on any atom is 0.306 e. The van der Waals surface area contributed by atoms with Gasteiger partial charge in [0, 0.05) is 20.0 Å². The van der Waals surface area contributed by atoms with Gasteiger partial charge in [0.2, 0.25) is 0 Å². The Kier molecular flexibility index (Phi) is 4.49. The number of fused-ring (bicyclic) bond motifs is 3. The number of aryl methyl sites for hydroxylation is 1. The molecule has 0 fully saturated rings. The molecule has 0 aliphatic carbocycles. The summed E-state index contributed by atoms with van der Waals surface area (Å²) in [5.41, 5.74) is 1.41. The average Bonchev–Trinajstić information content (AvgIpc) is 3.37. The number of carbonyl (C=O) groups is 1. The van der Waals surface area contributed by atoms with Crippen LogP contribution in [0.15, 0.2) is 18.7 Å². The Morgan fingerprint density at radius 3 is 2.83 bits per heavy atom. The minimum Gasteiger partial charge on any atom is -0.344 e. The summed E-state index contributed by atoms with van der Waals surface area (Å²) in [6.45, 7) is 4.21. The Bertz CT molecular complexity index is 1250. The van der Waals surface area contributed by atoms with Gasteiger partial charge in [-0.25, -0.2) is 14.5 Å². The van der Waals surface area contributed by atoms with Gasteiger partial charge in [0.25, 0.3) is 5.91 Å². The number of aromatic nitrogens is 6. The summed E-state index contributed by atoms with van der Waals surface area (Å²) in [6, 6.07) is 0. The highest BCUT2D eigenvalue weighted by atomic mass is 32.1.